The van der Waals surface area contributed by atoms with Crippen molar-refractivity contribution in [2.75, 3.05) is 0 Å². The fourth-order valence-corrected chi connectivity index (χ4v) is 3.20. The van der Waals surface area contributed by atoms with Gasteiger partial charge in [0.25, 0.3) is 5.56 Å². The summed E-state index contributed by atoms with van der Waals surface area (Å²) in [5.74, 6) is 1.22. The lowest BCUT2D eigenvalue weighted by Crippen LogP contribution is -2.22. The second-order valence-electron chi connectivity index (χ2n) is 6.77. The summed E-state index contributed by atoms with van der Waals surface area (Å²) < 4.78 is 7.30. The SMILES string of the molecule is Cc1ccc(-c2nc3[nH]c(=O)ccc3nc2-c2cc(Cl)c(=O)n(C(C)C)c2)o1. The van der Waals surface area contributed by atoms with E-state index in [1.165, 1.54) is 6.07 Å². The summed E-state index contributed by atoms with van der Waals surface area (Å²) in [7, 11) is 0. The summed E-state index contributed by atoms with van der Waals surface area (Å²) in [5.41, 5.74) is 1.91. The van der Waals surface area contributed by atoms with Crippen molar-refractivity contribution < 1.29 is 4.42 Å². The number of aromatic nitrogens is 4. The second kappa shape index (κ2) is 6.76. The minimum absolute atomic E-state index is 0.0796. The van der Waals surface area contributed by atoms with E-state index in [1.807, 2.05) is 26.8 Å². The van der Waals surface area contributed by atoms with Crippen molar-refractivity contribution in [2.45, 2.75) is 26.8 Å². The molecule has 4 aromatic heterocycles. The predicted molar refractivity (Wildman–Crippen MR) is 108 cm³/mol. The van der Waals surface area contributed by atoms with Crippen LogP contribution in [-0.2, 0) is 0 Å². The summed E-state index contributed by atoms with van der Waals surface area (Å²) in [6, 6.07) is 8.09. The number of nitrogens with one attached hydrogen (secondary N) is 1. The van der Waals surface area contributed by atoms with Crippen LogP contribution in [0.2, 0.25) is 5.02 Å². The minimum atomic E-state index is -0.271. The molecule has 4 aromatic rings. The fraction of sp³-hybridized carbons (Fsp3) is 0.200. The van der Waals surface area contributed by atoms with Crippen molar-refractivity contribution in [1.82, 2.24) is 19.5 Å². The van der Waals surface area contributed by atoms with E-state index < -0.39 is 0 Å². The van der Waals surface area contributed by atoms with Crippen LogP contribution in [0.1, 0.15) is 25.6 Å². The summed E-state index contributed by atoms with van der Waals surface area (Å²) in [4.78, 5) is 36.0. The van der Waals surface area contributed by atoms with Crippen molar-refractivity contribution in [3.8, 4) is 22.7 Å². The molecule has 0 aliphatic rings. The molecular weight excluding hydrogens is 380 g/mol. The molecule has 0 bridgehead atoms. The highest BCUT2D eigenvalue weighted by Crippen LogP contribution is 2.32. The van der Waals surface area contributed by atoms with E-state index in [4.69, 9.17) is 16.0 Å². The molecule has 0 aliphatic heterocycles. The Balaban J connectivity index is 2.07. The number of aryl methyl sites for hydroxylation is 1. The van der Waals surface area contributed by atoms with E-state index >= 15 is 0 Å². The number of hydrogen-bond acceptors (Lipinski definition) is 5. The maximum atomic E-state index is 12.3. The molecule has 0 fully saturated rings. The summed E-state index contributed by atoms with van der Waals surface area (Å²) in [6.07, 6.45) is 1.71. The highest BCUT2D eigenvalue weighted by atomic mass is 35.5. The molecule has 0 atom stereocenters. The zero-order chi connectivity index (χ0) is 20.0. The Bertz CT molecular complexity index is 1320. The normalized spacial score (nSPS) is 11.5. The molecule has 0 amide bonds. The lowest BCUT2D eigenvalue weighted by Gasteiger charge is -2.14. The molecule has 0 aromatic carbocycles. The van der Waals surface area contributed by atoms with Crippen LogP contribution in [0.4, 0.5) is 0 Å². The second-order valence-corrected chi connectivity index (χ2v) is 7.18. The molecule has 28 heavy (non-hydrogen) atoms. The molecule has 0 saturated heterocycles. The van der Waals surface area contributed by atoms with Crippen molar-refractivity contribution in [3.63, 3.8) is 0 Å². The number of nitrogens with zero attached hydrogens (tertiary/aromatic N) is 3. The number of aromatic amines is 1. The maximum Gasteiger partial charge on any atom is 0.269 e. The molecule has 142 valence electrons. The van der Waals surface area contributed by atoms with Gasteiger partial charge in [-0.15, -0.1) is 0 Å². The first-order valence-corrected chi connectivity index (χ1v) is 9.11. The van der Waals surface area contributed by atoms with E-state index in [-0.39, 0.29) is 22.2 Å². The monoisotopic (exact) mass is 396 g/mol. The predicted octanol–water partition coefficient (Wildman–Crippen LogP) is 3.95. The Morgan fingerprint density at radius 1 is 1.11 bits per heavy atom. The summed E-state index contributed by atoms with van der Waals surface area (Å²) in [6.45, 7) is 5.62. The molecular formula is C20H17ClN4O3. The van der Waals surface area contributed by atoms with Crippen LogP contribution in [-0.4, -0.2) is 19.5 Å². The molecule has 0 radical (unpaired) electrons. The first kappa shape index (κ1) is 18.2. The Morgan fingerprint density at radius 3 is 2.57 bits per heavy atom. The third-order valence-corrected chi connectivity index (χ3v) is 4.63. The summed E-state index contributed by atoms with van der Waals surface area (Å²) in [5, 5.41) is 0.0936. The van der Waals surface area contributed by atoms with E-state index in [0.29, 0.717) is 33.9 Å². The third kappa shape index (κ3) is 3.14. The van der Waals surface area contributed by atoms with Crippen LogP contribution in [0.15, 0.2) is 50.5 Å². The van der Waals surface area contributed by atoms with E-state index in [2.05, 4.69) is 15.0 Å². The maximum absolute atomic E-state index is 12.3. The number of pyridine rings is 2. The molecule has 0 unspecified atom stereocenters. The highest BCUT2D eigenvalue weighted by molar-refractivity contribution is 6.30. The largest absolute Gasteiger partial charge is 0.460 e. The topological polar surface area (TPSA) is 93.8 Å². The van der Waals surface area contributed by atoms with Crippen molar-refractivity contribution in [2.24, 2.45) is 0 Å². The Kier molecular flexibility index (Phi) is 4.39. The zero-order valence-corrected chi connectivity index (χ0v) is 16.2. The molecule has 0 aliphatic carbocycles. The van der Waals surface area contributed by atoms with Crippen molar-refractivity contribution >= 4 is 22.8 Å². The molecule has 0 spiro atoms. The number of fused-ring (bicyclic) bond motifs is 1. The summed E-state index contributed by atoms with van der Waals surface area (Å²) >= 11 is 6.20. The van der Waals surface area contributed by atoms with E-state index in [0.717, 1.165) is 5.76 Å². The van der Waals surface area contributed by atoms with E-state index in [9.17, 15) is 9.59 Å². The van der Waals surface area contributed by atoms with Crippen molar-refractivity contribution in [1.29, 1.82) is 0 Å². The van der Waals surface area contributed by atoms with E-state index in [1.54, 1.807) is 29.0 Å². The number of hydrogen-bond donors (Lipinski definition) is 1. The fourth-order valence-electron chi connectivity index (χ4n) is 2.98. The van der Waals surface area contributed by atoms with Gasteiger partial charge in [-0.2, -0.15) is 0 Å². The van der Waals surface area contributed by atoms with Gasteiger partial charge in [0.05, 0.1) is 0 Å². The molecule has 4 heterocycles. The molecule has 8 heteroatoms. The lowest BCUT2D eigenvalue weighted by molar-refractivity contribution is 0.546. The average Bonchev–Trinajstić information content (AvgIpc) is 3.08. The van der Waals surface area contributed by atoms with Gasteiger partial charge < -0.3 is 14.0 Å². The number of rotatable bonds is 3. The van der Waals surface area contributed by atoms with Gasteiger partial charge in [0.2, 0.25) is 5.56 Å². The molecule has 4 rings (SSSR count). The highest BCUT2D eigenvalue weighted by Gasteiger charge is 2.19. The number of furan rings is 1. The van der Waals surface area contributed by atoms with Gasteiger partial charge in [-0.1, -0.05) is 11.6 Å². The van der Waals surface area contributed by atoms with Crippen molar-refractivity contribution in [3.05, 3.63) is 68.0 Å². The van der Waals surface area contributed by atoms with Crippen LogP contribution in [0, 0.1) is 6.92 Å². The Hall–Kier alpha value is -3.19. The van der Waals surface area contributed by atoms with Crippen LogP contribution < -0.4 is 11.1 Å². The van der Waals surface area contributed by atoms with Gasteiger partial charge in [0.15, 0.2) is 11.4 Å². The zero-order valence-electron chi connectivity index (χ0n) is 15.5. The molecule has 7 nitrogen and oxygen atoms in total. The average molecular weight is 397 g/mol. The first-order valence-electron chi connectivity index (χ1n) is 8.73. The molecule has 1 N–H and O–H groups in total. The van der Waals surface area contributed by atoms with Gasteiger partial charge in [0.1, 0.15) is 27.7 Å². The smallest absolute Gasteiger partial charge is 0.269 e. The van der Waals surface area contributed by atoms with Crippen LogP contribution >= 0.6 is 11.6 Å². The Morgan fingerprint density at radius 2 is 1.89 bits per heavy atom. The minimum Gasteiger partial charge on any atom is -0.460 e. The van der Waals surface area contributed by atoms with Crippen LogP contribution in [0.3, 0.4) is 0 Å². The first-order chi connectivity index (χ1) is 13.3. The van der Waals surface area contributed by atoms with Gasteiger partial charge in [-0.25, -0.2) is 9.97 Å². The number of halogens is 1. The quantitative estimate of drug-likeness (QED) is 0.565. The van der Waals surface area contributed by atoms with Crippen LogP contribution in [0.5, 0.6) is 0 Å². The molecule has 0 saturated carbocycles. The number of H-pyrrole nitrogens is 1. The standard InChI is InChI=1S/C20H17ClN4O3/c1-10(2)25-9-12(8-13(21)20(25)27)17-18(15-6-4-11(3)28-15)24-19-14(22-17)5-7-16(26)23-19/h4-10H,1-3H3,(H,23,24,26). The van der Waals surface area contributed by atoms with Gasteiger partial charge >= 0.3 is 0 Å². The van der Waals surface area contributed by atoms with Gasteiger partial charge in [-0.05, 0) is 45.0 Å². The van der Waals surface area contributed by atoms with Gasteiger partial charge in [0, 0.05) is 23.9 Å². The lowest BCUT2D eigenvalue weighted by atomic mass is 10.1. The Labute approximate surface area is 164 Å². The van der Waals surface area contributed by atoms with Crippen LogP contribution in [0.25, 0.3) is 33.9 Å². The van der Waals surface area contributed by atoms with Gasteiger partial charge in [-0.3, -0.25) is 9.59 Å². The third-order valence-electron chi connectivity index (χ3n) is 4.36.